The van der Waals surface area contributed by atoms with Crippen LogP contribution in [0.15, 0.2) is 45.8 Å². The van der Waals surface area contributed by atoms with Gasteiger partial charge in [-0.15, -0.1) is 0 Å². The third-order valence-corrected chi connectivity index (χ3v) is 6.82. The van der Waals surface area contributed by atoms with Crippen molar-refractivity contribution in [2.24, 2.45) is 4.99 Å². The van der Waals surface area contributed by atoms with Crippen molar-refractivity contribution in [3.8, 4) is 17.4 Å². The number of furan rings is 1. The SMILES string of the molecule is N#Cc1c(N=Cc2ccc(-c3ccccc3C(F)(F)F)o2)sc2c1C1CCN2CC1. The second-order valence-corrected chi connectivity index (χ2v) is 8.36. The first-order valence-corrected chi connectivity index (χ1v) is 10.4. The average Bonchev–Trinajstić information content (AvgIpc) is 3.38. The van der Waals surface area contributed by atoms with E-state index < -0.39 is 11.7 Å². The third kappa shape index (κ3) is 3.10. The molecule has 0 N–H and O–H groups in total. The molecule has 8 heteroatoms. The van der Waals surface area contributed by atoms with E-state index in [1.54, 1.807) is 12.1 Å². The molecule has 0 radical (unpaired) electrons. The van der Waals surface area contributed by atoms with Gasteiger partial charge >= 0.3 is 6.18 Å². The second kappa shape index (κ2) is 7.03. The molecule has 0 saturated carbocycles. The van der Waals surface area contributed by atoms with Crippen molar-refractivity contribution < 1.29 is 17.6 Å². The monoisotopic (exact) mass is 427 g/mol. The van der Waals surface area contributed by atoms with Crippen molar-refractivity contribution in [3.63, 3.8) is 0 Å². The van der Waals surface area contributed by atoms with Gasteiger partial charge in [-0.2, -0.15) is 18.4 Å². The molecule has 2 aromatic heterocycles. The summed E-state index contributed by atoms with van der Waals surface area (Å²) in [7, 11) is 0. The predicted molar refractivity (Wildman–Crippen MR) is 110 cm³/mol. The number of rotatable bonds is 3. The van der Waals surface area contributed by atoms with Crippen LogP contribution in [0.2, 0.25) is 0 Å². The van der Waals surface area contributed by atoms with Gasteiger partial charge in [0.25, 0.3) is 0 Å². The quantitative estimate of drug-likeness (QED) is 0.458. The fourth-order valence-electron chi connectivity index (χ4n) is 4.24. The molecule has 3 aliphatic heterocycles. The van der Waals surface area contributed by atoms with Crippen LogP contribution in [-0.2, 0) is 6.18 Å². The zero-order valence-electron chi connectivity index (χ0n) is 15.7. The van der Waals surface area contributed by atoms with Crippen molar-refractivity contribution >= 4 is 27.6 Å². The van der Waals surface area contributed by atoms with Crippen molar-refractivity contribution in [2.75, 3.05) is 18.0 Å². The fraction of sp³-hybridized carbons (Fsp3) is 0.273. The summed E-state index contributed by atoms with van der Waals surface area (Å²) >= 11 is 1.49. The van der Waals surface area contributed by atoms with E-state index in [1.807, 2.05) is 0 Å². The average molecular weight is 427 g/mol. The van der Waals surface area contributed by atoms with E-state index in [0.29, 0.717) is 22.2 Å². The van der Waals surface area contributed by atoms with E-state index in [9.17, 15) is 18.4 Å². The van der Waals surface area contributed by atoms with Gasteiger partial charge in [0.05, 0.1) is 22.3 Å². The summed E-state index contributed by atoms with van der Waals surface area (Å²) in [6.45, 7) is 2.01. The van der Waals surface area contributed by atoms with Gasteiger partial charge < -0.3 is 9.32 Å². The summed E-state index contributed by atoms with van der Waals surface area (Å²) in [4.78, 5) is 6.76. The molecule has 2 bridgehead atoms. The zero-order chi connectivity index (χ0) is 20.9. The normalized spacial score (nSPS) is 16.3. The van der Waals surface area contributed by atoms with Gasteiger partial charge in [-0.05, 0) is 37.0 Å². The molecule has 152 valence electrons. The van der Waals surface area contributed by atoms with E-state index in [0.717, 1.165) is 42.6 Å². The topological polar surface area (TPSA) is 52.5 Å². The van der Waals surface area contributed by atoms with Crippen LogP contribution in [0.3, 0.4) is 0 Å². The largest absolute Gasteiger partial charge is 0.455 e. The van der Waals surface area contributed by atoms with Crippen LogP contribution in [0.25, 0.3) is 11.3 Å². The van der Waals surface area contributed by atoms with Crippen LogP contribution < -0.4 is 4.90 Å². The van der Waals surface area contributed by atoms with E-state index in [2.05, 4.69) is 16.0 Å². The van der Waals surface area contributed by atoms with Crippen molar-refractivity contribution in [1.29, 1.82) is 5.26 Å². The third-order valence-electron chi connectivity index (χ3n) is 5.64. The molecular formula is C22H16F3N3OS. The first-order valence-electron chi connectivity index (χ1n) is 9.58. The fourth-order valence-corrected chi connectivity index (χ4v) is 5.47. The lowest BCUT2D eigenvalue weighted by atomic mass is 9.84. The Balaban J connectivity index is 1.47. The van der Waals surface area contributed by atoms with Crippen LogP contribution in [-0.4, -0.2) is 19.3 Å². The Kier molecular flexibility index (Phi) is 4.44. The molecule has 1 fully saturated rings. The predicted octanol–water partition coefficient (Wildman–Crippen LogP) is 6.35. The lowest BCUT2D eigenvalue weighted by Gasteiger charge is -2.39. The highest BCUT2D eigenvalue weighted by Crippen LogP contribution is 2.52. The number of nitriles is 1. The Morgan fingerprint density at radius 3 is 2.67 bits per heavy atom. The van der Waals surface area contributed by atoms with E-state index in [1.165, 1.54) is 35.8 Å². The number of anilines is 1. The lowest BCUT2D eigenvalue weighted by Crippen LogP contribution is -2.37. The van der Waals surface area contributed by atoms with E-state index in [-0.39, 0.29) is 11.3 Å². The summed E-state index contributed by atoms with van der Waals surface area (Å²) in [6.07, 6.45) is -0.886. The Bertz CT molecular complexity index is 1180. The number of hydrogen-bond donors (Lipinski definition) is 0. The molecule has 6 rings (SSSR count). The van der Waals surface area contributed by atoms with Crippen LogP contribution in [0.5, 0.6) is 0 Å². The number of alkyl halides is 3. The molecule has 0 spiro atoms. The molecule has 1 aromatic carbocycles. The van der Waals surface area contributed by atoms with Crippen LogP contribution in [0, 0.1) is 11.3 Å². The molecule has 0 aliphatic carbocycles. The highest BCUT2D eigenvalue weighted by atomic mass is 32.1. The van der Waals surface area contributed by atoms with Crippen molar-refractivity contribution in [3.05, 3.63) is 58.8 Å². The maximum Gasteiger partial charge on any atom is 0.417 e. The molecule has 5 heterocycles. The van der Waals surface area contributed by atoms with Crippen LogP contribution in [0.4, 0.5) is 23.2 Å². The van der Waals surface area contributed by atoms with Gasteiger partial charge in [-0.3, -0.25) is 0 Å². The number of thiophene rings is 1. The Labute approximate surface area is 174 Å². The minimum Gasteiger partial charge on any atom is -0.455 e. The maximum absolute atomic E-state index is 13.3. The smallest absolute Gasteiger partial charge is 0.417 e. The Morgan fingerprint density at radius 1 is 1.17 bits per heavy atom. The molecule has 30 heavy (non-hydrogen) atoms. The summed E-state index contributed by atoms with van der Waals surface area (Å²) in [5.74, 6) is 0.869. The number of hydrogen-bond acceptors (Lipinski definition) is 5. The minimum atomic E-state index is -4.47. The molecule has 3 aliphatic rings. The highest BCUT2D eigenvalue weighted by molar-refractivity contribution is 7.20. The van der Waals surface area contributed by atoms with E-state index in [4.69, 9.17) is 4.42 Å². The molecule has 0 unspecified atom stereocenters. The Hall–Kier alpha value is -3.05. The summed E-state index contributed by atoms with van der Waals surface area (Å²) in [5, 5.41) is 11.4. The highest BCUT2D eigenvalue weighted by Gasteiger charge is 2.36. The lowest BCUT2D eigenvalue weighted by molar-refractivity contribution is -0.137. The first kappa shape index (κ1) is 18.9. The minimum absolute atomic E-state index is 0.0154. The number of piperidine rings is 1. The van der Waals surface area contributed by atoms with E-state index >= 15 is 0 Å². The van der Waals surface area contributed by atoms with Gasteiger partial charge in [-0.1, -0.05) is 29.5 Å². The Morgan fingerprint density at radius 2 is 1.93 bits per heavy atom. The number of benzene rings is 1. The number of nitrogens with zero attached hydrogens (tertiary/aromatic N) is 3. The maximum atomic E-state index is 13.3. The molecule has 0 atom stereocenters. The standard InChI is InChI=1S/C22H16F3N3OS/c23-22(24,25)17-4-2-1-3-15(17)18-6-5-14(29-18)12-27-20-16(11-26)19-13-7-9-28(10-8-13)21(19)30-20/h1-6,12-13H,7-10H2. The molecule has 1 saturated heterocycles. The van der Waals surface area contributed by atoms with Gasteiger partial charge in [-0.25, -0.2) is 4.99 Å². The zero-order valence-corrected chi connectivity index (χ0v) is 16.6. The van der Waals surface area contributed by atoms with Gasteiger partial charge in [0.15, 0.2) is 0 Å². The van der Waals surface area contributed by atoms with Gasteiger partial charge in [0.1, 0.15) is 22.6 Å². The summed E-state index contributed by atoms with van der Waals surface area (Å²) in [5.41, 5.74) is 0.949. The molecular weight excluding hydrogens is 411 g/mol. The number of aliphatic imine (C=N–C) groups is 1. The molecule has 3 aromatic rings. The number of fused-ring (bicyclic) bond motifs is 2. The second-order valence-electron chi connectivity index (χ2n) is 7.38. The van der Waals surface area contributed by atoms with Crippen LogP contribution >= 0.6 is 11.3 Å². The molecule has 0 amide bonds. The summed E-state index contributed by atoms with van der Waals surface area (Å²) < 4.78 is 45.4. The summed E-state index contributed by atoms with van der Waals surface area (Å²) in [6, 6.07) is 10.7. The van der Waals surface area contributed by atoms with Gasteiger partial charge in [0.2, 0.25) is 0 Å². The van der Waals surface area contributed by atoms with Crippen molar-refractivity contribution in [1.82, 2.24) is 0 Å². The van der Waals surface area contributed by atoms with Gasteiger partial charge in [0, 0.05) is 24.2 Å². The first-order chi connectivity index (χ1) is 14.5. The number of halogens is 3. The van der Waals surface area contributed by atoms with Crippen molar-refractivity contribution in [2.45, 2.75) is 24.9 Å². The molecule has 4 nitrogen and oxygen atoms in total. The van der Waals surface area contributed by atoms with Crippen LogP contribution in [0.1, 0.15) is 41.2 Å².